The van der Waals surface area contributed by atoms with E-state index in [0.29, 0.717) is 40.1 Å². The Labute approximate surface area is 253 Å². The Morgan fingerprint density at radius 2 is 1.77 bits per heavy atom. The first-order valence-corrected chi connectivity index (χ1v) is 14.0. The number of hydrogen-bond donors (Lipinski definition) is 2. The first-order chi connectivity index (χ1) is 20.4. The fourth-order valence-electron chi connectivity index (χ4n) is 5.30. The van der Waals surface area contributed by atoms with E-state index >= 15 is 0 Å². The molecule has 224 valence electrons. The van der Waals surface area contributed by atoms with Crippen LogP contribution in [0, 0.1) is 12.3 Å². The smallest absolute Gasteiger partial charge is 0.339 e. The molecule has 4 aromatic rings. The number of hydrogen-bond acceptors (Lipinski definition) is 9. The molecule has 1 aliphatic rings. The number of rotatable bonds is 9. The van der Waals surface area contributed by atoms with Crippen LogP contribution < -0.4 is 26.4 Å². The van der Waals surface area contributed by atoms with Crippen molar-refractivity contribution in [3.63, 3.8) is 0 Å². The summed E-state index contributed by atoms with van der Waals surface area (Å²) in [6.07, 6.45) is 0. The number of para-hydroxylation sites is 1. The van der Waals surface area contributed by atoms with Gasteiger partial charge in [0.05, 0.1) is 48.8 Å². The maximum absolute atomic E-state index is 13.8. The van der Waals surface area contributed by atoms with Gasteiger partial charge in [-0.3, -0.25) is 14.4 Å². The first kappa shape index (κ1) is 30.1. The van der Waals surface area contributed by atoms with Gasteiger partial charge in [-0.15, -0.1) is 0 Å². The van der Waals surface area contributed by atoms with Crippen molar-refractivity contribution >= 4 is 46.2 Å². The fraction of sp³-hybridized carbons (Fsp3) is 0.312. The van der Waals surface area contributed by atoms with Gasteiger partial charge in [0.15, 0.2) is 0 Å². The molecule has 5 rings (SSSR count). The van der Waals surface area contributed by atoms with Gasteiger partial charge in [-0.25, -0.2) is 4.79 Å². The van der Waals surface area contributed by atoms with Gasteiger partial charge in [0.25, 0.3) is 16.8 Å². The molecule has 0 saturated carbocycles. The highest BCUT2D eigenvalue weighted by Gasteiger charge is 2.37. The molecular weight excluding hydrogens is 574 g/mol. The molecule has 0 aliphatic carbocycles. The van der Waals surface area contributed by atoms with E-state index < -0.39 is 34.2 Å². The van der Waals surface area contributed by atoms with Gasteiger partial charge in [0, 0.05) is 23.3 Å². The Morgan fingerprint density at radius 3 is 2.44 bits per heavy atom. The summed E-state index contributed by atoms with van der Waals surface area (Å²) in [5.41, 5.74) is 0.848. The number of nitrogens with one attached hydrogen (secondary N) is 2. The Balaban J connectivity index is 1.50. The minimum Gasteiger partial charge on any atom is -0.465 e. The number of carbonyl (C=O) groups is 2. The van der Waals surface area contributed by atoms with Crippen LogP contribution in [0.15, 0.2) is 56.5 Å². The Hall–Kier alpha value is -4.41. The number of esters is 1. The lowest BCUT2D eigenvalue weighted by molar-refractivity contribution is 0.0601. The maximum Gasteiger partial charge on any atom is 0.339 e. The minimum atomic E-state index is -0.715. The summed E-state index contributed by atoms with van der Waals surface area (Å²) in [5, 5.41) is 6.61. The third-order valence-electron chi connectivity index (χ3n) is 7.58. The van der Waals surface area contributed by atoms with Crippen LogP contribution in [0.5, 0.6) is 0 Å². The normalized spacial score (nSPS) is 13.7. The van der Waals surface area contributed by atoms with Gasteiger partial charge in [-0.2, -0.15) is 0 Å². The quantitative estimate of drug-likeness (QED) is 0.178. The number of anilines is 4. The van der Waals surface area contributed by atoms with Crippen LogP contribution in [0.2, 0.25) is 5.02 Å². The molecule has 0 radical (unpaired) electrons. The second kappa shape index (κ2) is 11.3. The zero-order valence-corrected chi connectivity index (χ0v) is 25.5. The second-order valence-electron chi connectivity index (χ2n) is 11.5. The summed E-state index contributed by atoms with van der Waals surface area (Å²) in [6, 6.07) is 11.2. The number of ether oxygens (including phenoxy) is 2. The molecule has 43 heavy (non-hydrogen) atoms. The van der Waals surface area contributed by atoms with Gasteiger partial charge in [-0.05, 0) is 42.7 Å². The largest absolute Gasteiger partial charge is 0.465 e. The average molecular weight is 606 g/mol. The van der Waals surface area contributed by atoms with Crippen LogP contribution in [-0.4, -0.2) is 26.1 Å². The molecule has 11 heteroatoms. The maximum atomic E-state index is 13.8. The highest BCUT2D eigenvalue weighted by Crippen LogP contribution is 2.41. The summed E-state index contributed by atoms with van der Waals surface area (Å²) < 4.78 is 16.2. The molecule has 3 aromatic carbocycles. The Morgan fingerprint density at radius 1 is 1.07 bits per heavy atom. The highest BCUT2D eigenvalue weighted by atomic mass is 35.5. The number of amides is 1. The molecule has 1 aromatic heterocycles. The van der Waals surface area contributed by atoms with Crippen molar-refractivity contribution < 1.29 is 23.5 Å². The van der Waals surface area contributed by atoms with E-state index in [-0.39, 0.29) is 29.0 Å². The summed E-state index contributed by atoms with van der Waals surface area (Å²) in [4.78, 5) is 53.4. The SMILES string of the molecule is COCc1cc([C@H](Nc2c(Nc3ccc(Cl)c4c3C(=O)N(c3ccccc3C(=O)OC)C4)c(=O)c2=O)C(C)(C)C)oc1C. The third kappa shape index (κ3) is 5.32. The van der Waals surface area contributed by atoms with Gasteiger partial charge in [0.1, 0.15) is 22.9 Å². The van der Waals surface area contributed by atoms with E-state index in [2.05, 4.69) is 10.6 Å². The summed E-state index contributed by atoms with van der Waals surface area (Å²) in [7, 11) is 2.87. The van der Waals surface area contributed by atoms with Crippen molar-refractivity contribution in [2.45, 2.75) is 46.9 Å². The summed E-state index contributed by atoms with van der Waals surface area (Å²) in [5.74, 6) is 0.287. The van der Waals surface area contributed by atoms with Crippen LogP contribution in [0.3, 0.4) is 0 Å². The number of halogens is 1. The van der Waals surface area contributed by atoms with Crippen molar-refractivity contribution in [2.24, 2.45) is 5.41 Å². The number of aryl methyl sites for hydroxylation is 1. The zero-order chi connectivity index (χ0) is 31.2. The van der Waals surface area contributed by atoms with Crippen LogP contribution in [0.25, 0.3) is 0 Å². The molecule has 1 aliphatic heterocycles. The third-order valence-corrected chi connectivity index (χ3v) is 7.93. The van der Waals surface area contributed by atoms with Crippen molar-refractivity contribution in [3.05, 3.63) is 102 Å². The minimum absolute atomic E-state index is 0.0328. The topological polar surface area (TPSA) is 127 Å². The lowest BCUT2D eigenvalue weighted by Gasteiger charge is -2.31. The summed E-state index contributed by atoms with van der Waals surface area (Å²) in [6.45, 7) is 8.28. The molecule has 1 amide bonds. The van der Waals surface area contributed by atoms with Gasteiger partial charge >= 0.3 is 5.97 Å². The average Bonchev–Trinajstić information content (AvgIpc) is 3.52. The van der Waals surface area contributed by atoms with Gasteiger partial charge < -0.3 is 29.4 Å². The van der Waals surface area contributed by atoms with Gasteiger partial charge in [0.2, 0.25) is 0 Å². The molecule has 2 N–H and O–H groups in total. The predicted molar refractivity (Wildman–Crippen MR) is 164 cm³/mol. The van der Waals surface area contributed by atoms with Crippen molar-refractivity contribution in [2.75, 3.05) is 29.8 Å². The number of benzene rings is 2. The van der Waals surface area contributed by atoms with E-state index in [1.807, 2.05) is 33.8 Å². The van der Waals surface area contributed by atoms with E-state index in [0.717, 1.165) is 5.56 Å². The molecule has 0 spiro atoms. The van der Waals surface area contributed by atoms with E-state index in [9.17, 15) is 19.2 Å². The van der Waals surface area contributed by atoms with Crippen molar-refractivity contribution in [3.8, 4) is 0 Å². The van der Waals surface area contributed by atoms with Crippen LogP contribution in [0.1, 0.15) is 70.2 Å². The van der Waals surface area contributed by atoms with Gasteiger partial charge in [-0.1, -0.05) is 44.5 Å². The standard InChI is InChI=1S/C32H32ClN3O7/c1-16-17(15-41-5)13-23(43-16)29(32(2,3)4)35-26-25(27(37)28(26)38)34-21-12-11-20(33)19-14-36(30(39)24(19)21)22-10-8-7-9-18(22)31(40)42-6/h7-13,29,34-35H,14-15H2,1-6H3/t29-/m0/s1. The first-order valence-electron chi connectivity index (χ1n) is 13.6. The molecule has 0 saturated heterocycles. The Kier molecular flexibility index (Phi) is 7.93. The monoisotopic (exact) mass is 605 g/mol. The highest BCUT2D eigenvalue weighted by molar-refractivity contribution is 6.33. The molecule has 2 heterocycles. The number of furan rings is 1. The Bertz CT molecular complexity index is 1810. The van der Waals surface area contributed by atoms with Crippen LogP contribution in [-0.2, 0) is 22.6 Å². The number of methoxy groups -OCH3 is 2. The van der Waals surface area contributed by atoms with E-state index in [4.69, 9.17) is 25.5 Å². The molecule has 0 bridgehead atoms. The number of fused-ring (bicyclic) bond motifs is 1. The lowest BCUT2D eigenvalue weighted by Crippen LogP contribution is -2.39. The van der Waals surface area contributed by atoms with Crippen molar-refractivity contribution in [1.82, 2.24) is 0 Å². The van der Waals surface area contributed by atoms with Crippen molar-refractivity contribution in [1.29, 1.82) is 0 Å². The molecule has 0 fully saturated rings. The van der Waals surface area contributed by atoms with Crippen LogP contribution >= 0.6 is 11.6 Å². The number of nitrogens with zero attached hydrogens (tertiary/aromatic N) is 1. The van der Waals surface area contributed by atoms with E-state index in [1.54, 1.807) is 43.5 Å². The lowest BCUT2D eigenvalue weighted by atomic mass is 9.84. The summed E-state index contributed by atoms with van der Waals surface area (Å²) >= 11 is 6.52. The molecule has 0 unspecified atom stereocenters. The van der Waals surface area contributed by atoms with Crippen LogP contribution in [0.4, 0.5) is 22.7 Å². The van der Waals surface area contributed by atoms with E-state index in [1.165, 1.54) is 12.0 Å². The molecular formula is C32H32ClN3O7. The second-order valence-corrected chi connectivity index (χ2v) is 11.9. The molecule has 10 nitrogen and oxygen atoms in total. The number of carbonyl (C=O) groups excluding carboxylic acids is 2. The predicted octanol–water partition coefficient (Wildman–Crippen LogP) is 5.87. The fourth-order valence-corrected chi connectivity index (χ4v) is 5.52. The zero-order valence-electron chi connectivity index (χ0n) is 24.7. The molecule has 1 atom stereocenters.